The first kappa shape index (κ1) is 16.0. The summed E-state index contributed by atoms with van der Waals surface area (Å²) in [6.45, 7) is 0.226. The van der Waals surface area contributed by atoms with E-state index in [2.05, 4.69) is 0 Å². The van der Waals surface area contributed by atoms with Gasteiger partial charge in [0.15, 0.2) is 11.5 Å². The van der Waals surface area contributed by atoms with Crippen molar-refractivity contribution < 1.29 is 23.5 Å². The Bertz CT molecular complexity index is 955. The van der Waals surface area contributed by atoms with Crippen LogP contribution in [0.1, 0.15) is 27.9 Å². The number of amides is 1. The van der Waals surface area contributed by atoms with E-state index < -0.39 is 23.5 Å². The van der Waals surface area contributed by atoms with E-state index in [1.54, 1.807) is 18.2 Å². The van der Waals surface area contributed by atoms with E-state index in [1.807, 2.05) is 30.3 Å². The van der Waals surface area contributed by atoms with Crippen LogP contribution in [-0.2, 0) is 11.3 Å². The molecule has 0 spiro atoms. The van der Waals surface area contributed by atoms with Crippen LogP contribution in [0.15, 0.2) is 87.3 Å². The van der Waals surface area contributed by atoms with E-state index in [0.717, 1.165) is 5.56 Å². The largest absolute Gasteiger partial charge is 0.503 e. The fourth-order valence-corrected chi connectivity index (χ4v) is 3.11. The van der Waals surface area contributed by atoms with E-state index in [-0.39, 0.29) is 17.9 Å². The summed E-state index contributed by atoms with van der Waals surface area (Å²) in [7, 11) is 0. The number of aliphatic hydroxyl groups is 1. The lowest BCUT2D eigenvalue weighted by Crippen LogP contribution is -2.30. The predicted molar refractivity (Wildman–Crippen MR) is 91.1 cm³/mol. The molecular weight excluding hydrogens is 334 g/mol. The minimum atomic E-state index is -0.824. The molecule has 3 heterocycles. The fraction of sp³-hybridized carbons (Fsp3) is 0.100. The molecule has 6 heteroatoms. The number of furan rings is 2. The molecule has 0 unspecified atom stereocenters. The molecule has 3 aromatic rings. The summed E-state index contributed by atoms with van der Waals surface area (Å²) >= 11 is 0. The highest BCUT2D eigenvalue weighted by Gasteiger charge is 2.45. The number of Topliss-reactive ketones (excluding diaryl/α,β-unsaturated/α-hetero) is 1. The van der Waals surface area contributed by atoms with Crippen molar-refractivity contribution in [2.75, 3.05) is 0 Å². The van der Waals surface area contributed by atoms with Crippen LogP contribution in [0.5, 0.6) is 0 Å². The SMILES string of the molecule is O=C(C1=C(O)C(=O)N(Cc2ccccc2)[C@H]1c1ccco1)c1ccco1. The van der Waals surface area contributed by atoms with Crippen LogP contribution in [0, 0.1) is 0 Å². The van der Waals surface area contributed by atoms with Crippen molar-refractivity contribution in [3.05, 3.63) is 95.5 Å². The number of aliphatic hydroxyl groups excluding tert-OH is 1. The van der Waals surface area contributed by atoms with Gasteiger partial charge in [0, 0.05) is 6.54 Å². The van der Waals surface area contributed by atoms with E-state index in [4.69, 9.17) is 8.83 Å². The molecule has 1 aromatic carbocycles. The molecule has 0 fully saturated rings. The van der Waals surface area contributed by atoms with Gasteiger partial charge in [0.05, 0.1) is 18.1 Å². The van der Waals surface area contributed by atoms with Gasteiger partial charge in [-0.15, -0.1) is 0 Å². The molecule has 0 bridgehead atoms. The third kappa shape index (κ3) is 2.61. The maximum Gasteiger partial charge on any atom is 0.290 e. The molecule has 26 heavy (non-hydrogen) atoms. The van der Waals surface area contributed by atoms with Crippen LogP contribution in [0.4, 0.5) is 0 Å². The molecule has 2 aromatic heterocycles. The van der Waals surface area contributed by atoms with E-state index in [1.165, 1.54) is 23.5 Å². The van der Waals surface area contributed by atoms with Gasteiger partial charge >= 0.3 is 0 Å². The van der Waals surface area contributed by atoms with Gasteiger partial charge in [0.1, 0.15) is 11.8 Å². The van der Waals surface area contributed by atoms with Crippen LogP contribution in [0.3, 0.4) is 0 Å². The van der Waals surface area contributed by atoms with Crippen molar-refractivity contribution >= 4 is 11.7 Å². The first-order valence-electron chi connectivity index (χ1n) is 8.06. The Morgan fingerprint density at radius 1 is 1.00 bits per heavy atom. The Labute approximate surface area is 149 Å². The standard InChI is InChI=1S/C20H15NO5/c22-18(15-9-5-11-26-15)16-17(14-8-4-10-25-14)21(20(24)19(16)23)12-13-6-2-1-3-7-13/h1-11,17,23H,12H2/t17-/m0/s1. The second kappa shape index (κ2) is 6.40. The van der Waals surface area contributed by atoms with Crippen molar-refractivity contribution in [1.82, 2.24) is 4.90 Å². The van der Waals surface area contributed by atoms with Gasteiger partial charge < -0.3 is 18.8 Å². The zero-order valence-corrected chi connectivity index (χ0v) is 13.7. The maximum absolute atomic E-state index is 12.8. The molecule has 0 aliphatic carbocycles. The van der Waals surface area contributed by atoms with Crippen molar-refractivity contribution in [3.8, 4) is 0 Å². The van der Waals surface area contributed by atoms with E-state index in [9.17, 15) is 14.7 Å². The van der Waals surface area contributed by atoms with E-state index in [0.29, 0.717) is 5.76 Å². The van der Waals surface area contributed by atoms with E-state index >= 15 is 0 Å². The quantitative estimate of drug-likeness (QED) is 0.711. The molecule has 1 aliphatic rings. The zero-order chi connectivity index (χ0) is 18.1. The molecule has 1 atom stereocenters. The van der Waals surface area contributed by atoms with Gasteiger partial charge in [-0.25, -0.2) is 0 Å². The normalized spacial score (nSPS) is 17.2. The van der Waals surface area contributed by atoms with Gasteiger partial charge in [0.2, 0.25) is 5.78 Å². The summed E-state index contributed by atoms with van der Waals surface area (Å²) in [6.07, 6.45) is 2.83. The maximum atomic E-state index is 12.8. The van der Waals surface area contributed by atoms with Crippen LogP contribution in [0.2, 0.25) is 0 Å². The molecule has 0 saturated heterocycles. The average Bonchev–Trinajstić information content (AvgIpc) is 3.40. The summed E-state index contributed by atoms with van der Waals surface area (Å²) in [5.74, 6) is -1.29. The number of rotatable bonds is 5. The first-order chi connectivity index (χ1) is 12.7. The van der Waals surface area contributed by atoms with Crippen molar-refractivity contribution in [2.24, 2.45) is 0 Å². The number of nitrogens with zero attached hydrogens (tertiary/aromatic N) is 1. The lowest BCUT2D eigenvalue weighted by atomic mass is 9.99. The smallest absolute Gasteiger partial charge is 0.290 e. The molecule has 6 nitrogen and oxygen atoms in total. The first-order valence-corrected chi connectivity index (χ1v) is 8.06. The summed E-state index contributed by atoms with van der Waals surface area (Å²) in [6, 6.07) is 14.9. The monoisotopic (exact) mass is 349 g/mol. The molecule has 1 amide bonds. The zero-order valence-electron chi connectivity index (χ0n) is 13.7. The highest BCUT2D eigenvalue weighted by molar-refractivity contribution is 6.14. The molecule has 1 aliphatic heterocycles. The Kier molecular flexibility index (Phi) is 3.93. The highest BCUT2D eigenvalue weighted by Crippen LogP contribution is 2.40. The summed E-state index contributed by atoms with van der Waals surface area (Å²) in [5, 5.41) is 10.4. The number of carbonyl (C=O) groups excluding carboxylic acids is 2. The molecule has 0 radical (unpaired) electrons. The van der Waals surface area contributed by atoms with Crippen molar-refractivity contribution in [1.29, 1.82) is 0 Å². The van der Waals surface area contributed by atoms with Crippen LogP contribution < -0.4 is 0 Å². The van der Waals surface area contributed by atoms with Crippen LogP contribution in [-0.4, -0.2) is 21.7 Å². The number of benzene rings is 1. The van der Waals surface area contributed by atoms with Gasteiger partial charge in [-0.1, -0.05) is 30.3 Å². The summed E-state index contributed by atoms with van der Waals surface area (Å²) in [4.78, 5) is 26.9. The van der Waals surface area contributed by atoms with Crippen LogP contribution in [0.25, 0.3) is 0 Å². The minimum absolute atomic E-state index is 0.0455. The second-order valence-corrected chi connectivity index (χ2v) is 5.91. The number of ketones is 1. The van der Waals surface area contributed by atoms with Gasteiger partial charge in [0.25, 0.3) is 5.91 Å². The second-order valence-electron chi connectivity index (χ2n) is 5.91. The van der Waals surface area contributed by atoms with Gasteiger partial charge in [-0.2, -0.15) is 0 Å². The molecular formula is C20H15NO5. The third-order valence-corrected chi connectivity index (χ3v) is 4.30. The van der Waals surface area contributed by atoms with Gasteiger partial charge in [-0.05, 0) is 29.8 Å². The predicted octanol–water partition coefficient (Wildman–Crippen LogP) is 3.65. The molecule has 4 rings (SSSR count). The fourth-order valence-electron chi connectivity index (χ4n) is 3.11. The number of hydrogen-bond acceptors (Lipinski definition) is 5. The summed E-state index contributed by atoms with van der Waals surface area (Å²) in [5.41, 5.74) is 0.827. The number of hydrogen-bond donors (Lipinski definition) is 1. The molecule has 0 saturated carbocycles. The minimum Gasteiger partial charge on any atom is -0.503 e. The van der Waals surface area contributed by atoms with Crippen molar-refractivity contribution in [3.63, 3.8) is 0 Å². The van der Waals surface area contributed by atoms with Crippen LogP contribution >= 0.6 is 0 Å². The average molecular weight is 349 g/mol. The third-order valence-electron chi connectivity index (χ3n) is 4.30. The van der Waals surface area contributed by atoms with Gasteiger partial charge in [-0.3, -0.25) is 9.59 Å². The Hall–Kier alpha value is -3.54. The lowest BCUT2D eigenvalue weighted by molar-refractivity contribution is -0.130. The Morgan fingerprint density at radius 3 is 2.38 bits per heavy atom. The Morgan fingerprint density at radius 2 is 1.73 bits per heavy atom. The molecule has 130 valence electrons. The number of carbonyl (C=O) groups is 2. The van der Waals surface area contributed by atoms with Crippen molar-refractivity contribution in [2.45, 2.75) is 12.6 Å². The highest BCUT2D eigenvalue weighted by atomic mass is 16.3. The topological polar surface area (TPSA) is 83.9 Å². The molecule has 1 N–H and O–H groups in total. The summed E-state index contributed by atoms with van der Waals surface area (Å²) < 4.78 is 10.6. The Balaban J connectivity index is 1.77. The lowest BCUT2D eigenvalue weighted by Gasteiger charge is -2.24.